The Hall–Kier alpha value is -3.22. The van der Waals surface area contributed by atoms with E-state index >= 15 is 0 Å². The van der Waals surface area contributed by atoms with Crippen LogP contribution in [-0.4, -0.2) is 81.0 Å². The zero-order valence-corrected chi connectivity index (χ0v) is 19.4. The number of aliphatic carboxylic acids is 1. The Bertz CT molecular complexity index is 846. The third-order valence-corrected chi connectivity index (χ3v) is 5.42. The summed E-state index contributed by atoms with van der Waals surface area (Å²) in [5.41, 5.74) is 6.21. The Labute approximate surface area is 197 Å². The summed E-state index contributed by atoms with van der Waals surface area (Å²) in [6.07, 6.45) is -0.729. The third kappa shape index (κ3) is 8.61. The van der Waals surface area contributed by atoms with Crippen LogP contribution >= 0.6 is 0 Å². The van der Waals surface area contributed by atoms with Gasteiger partial charge in [0.1, 0.15) is 29.9 Å². The van der Waals surface area contributed by atoms with Crippen LogP contribution in [0.15, 0.2) is 24.3 Å². The quantitative estimate of drug-likeness (QED) is 0.159. The number of amides is 3. The van der Waals surface area contributed by atoms with E-state index in [0.717, 1.165) is 0 Å². The van der Waals surface area contributed by atoms with Crippen molar-refractivity contribution in [1.82, 2.24) is 16.0 Å². The Balaban J connectivity index is 3.15. The largest absolute Gasteiger partial charge is 0.508 e. The number of nitrogens with two attached hydrogens (primary N) is 1. The lowest BCUT2D eigenvalue weighted by molar-refractivity contribution is -0.143. The maximum atomic E-state index is 13.1. The number of benzene rings is 1. The first-order valence-corrected chi connectivity index (χ1v) is 10.9. The van der Waals surface area contributed by atoms with Gasteiger partial charge < -0.3 is 42.1 Å². The molecule has 3 amide bonds. The molecule has 1 aromatic carbocycles. The van der Waals surface area contributed by atoms with E-state index in [1.165, 1.54) is 31.2 Å². The molecule has 12 heteroatoms. The molecule has 1 aromatic rings. The SMILES string of the molecule is CCC(C)C(NC(=O)C(N)C(C)O)C(=O)NC(Cc1ccc(O)cc1)C(=O)NC(CO)C(=O)O. The summed E-state index contributed by atoms with van der Waals surface area (Å²) >= 11 is 0. The van der Waals surface area contributed by atoms with E-state index in [-0.39, 0.29) is 18.1 Å². The maximum Gasteiger partial charge on any atom is 0.328 e. The number of hydrogen-bond donors (Lipinski definition) is 8. The van der Waals surface area contributed by atoms with Gasteiger partial charge >= 0.3 is 5.97 Å². The second-order valence-electron chi connectivity index (χ2n) is 8.15. The fraction of sp³-hybridized carbons (Fsp3) is 0.545. The first-order chi connectivity index (χ1) is 15.9. The molecule has 0 spiro atoms. The number of aliphatic hydroxyl groups excluding tert-OH is 2. The molecule has 1 rings (SSSR count). The molecular weight excluding hydrogens is 448 g/mol. The number of carbonyl (C=O) groups excluding carboxylic acids is 3. The lowest BCUT2D eigenvalue weighted by Gasteiger charge is -2.28. The van der Waals surface area contributed by atoms with Gasteiger partial charge in [-0.2, -0.15) is 0 Å². The van der Waals surface area contributed by atoms with Crippen LogP contribution in [0.4, 0.5) is 0 Å². The fourth-order valence-electron chi connectivity index (χ4n) is 2.97. The Morgan fingerprint density at radius 3 is 1.97 bits per heavy atom. The first-order valence-electron chi connectivity index (χ1n) is 10.9. The molecule has 0 radical (unpaired) electrons. The van der Waals surface area contributed by atoms with Crippen molar-refractivity contribution in [3.05, 3.63) is 29.8 Å². The van der Waals surface area contributed by atoms with Crippen LogP contribution in [0.2, 0.25) is 0 Å². The number of carboxylic acid groups (broad SMARTS) is 1. The molecule has 0 fully saturated rings. The third-order valence-electron chi connectivity index (χ3n) is 5.42. The molecule has 0 heterocycles. The van der Waals surface area contributed by atoms with Gasteiger partial charge in [-0.05, 0) is 30.5 Å². The molecule has 0 aromatic heterocycles. The monoisotopic (exact) mass is 482 g/mol. The molecular formula is C22H34N4O8. The van der Waals surface area contributed by atoms with Crippen molar-refractivity contribution in [3.8, 4) is 5.75 Å². The van der Waals surface area contributed by atoms with Gasteiger partial charge in [-0.3, -0.25) is 14.4 Å². The topological polar surface area (TPSA) is 211 Å². The summed E-state index contributed by atoms with van der Waals surface area (Å²) in [7, 11) is 0. The molecule has 6 atom stereocenters. The highest BCUT2D eigenvalue weighted by Crippen LogP contribution is 2.13. The van der Waals surface area contributed by atoms with Crippen molar-refractivity contribution in [3.63, 3.8) is 0 Å². The van der Waals surface area contributed by atoms with Gasteiger partial charge in [0.25, 0.3) is 0 Å². The van der Waals surface area contributed by atoms with Gasteiger partial charge in [-0.15, -0.1) is 0 Å². The number of nitrogens with one attached hydrogen (secondary N) is 3. The van der Waals surface area contributed by atoms with E-state index in [1.54, 1.807) is 13.8 Å². The highest BCUT2D eigenvalue weighted by Gasteiger charge is 2.33. The van der Waals surface area contributed by atoms with Crippen LogP contribution in [0.25, 0.3) is 0 Å². The van der Waals surface area contributed by atoms with Crippen LogP contribution < -0.4 is 21.7 Å². The van der Waals surface area contributed by atoms with Crippen LogP contribution in [0.5, 0.6) is 5.75 Å². The van der Waals surface area contributed by atoms with Gasteiger partial charge in [-0.25, -0.2) is 4.79 Å². The molecule has 0 saturated carbocycles. The second-order valence-corrected chi connectivity index (χ2v) is 8.15. The van der Waals surface area contributed by atoms with Crippen molar-refractivity contribution in [2.75, 3.05) is 6.61 Å². The molecule has 6 unspecified atom stereocenters. The Morgan fingerprint density at radius 2 is 1.50 bits per heavy atom. The van der Waals surface area contributed by atoms with E-state index < -0.39 is 60.6 Å². The van der Waals surface area contributed by atoms with E-state index in [0.29, 0.717) is 12.0 Å². The highest BCUT2D eigenvalue weighted by molar-refractivity contribution is 5.94. The van der Waals surface area contributed by atoms with Gasteiger partial charge in [0.15, 0.2) is 0 Å². The smallest absolute Gasteiger partial charge is 0.328 e. The molecule has 12 nitrogen and oxygen atoms in total. The summed E-state index contributed by atoms with van der Waals surface area (Å²) in [6, 6.07) is 0.622. The Kier molecular flexibility index (Phi) is 11.4. The minimum absolute atomic E-state index is 0.00555. The lowest BCUT2D eigenvalue weighted by atomic mass is 9.96. The van der Waals surface area contributed by atoms with Crippen LogP contribution in [-0.2, 0) is 25.6 Å². The number of phenols is 1. The van der Waals surface area contributed by atoms with Crippen LogP contribution in [0.1, 0.15) is 32.8 Å². The van der Waals surface area contributed by atoms with Crippen molar-refractivity contribution in [1.29, 1.82) is 0 Å². The Morgan fingerprint density at radius 1 is 0.941 bits per heavy atom. The number of phenolic OH excluding ortho intramolecular Hbond substituents is 1. The van der Waals surface area contributed by atoms with E-state index in [2.05, 4.69) is 16.0 Å². The minimum atomic E-state index is -1.58. The highest BCUT2D eigenvalue weighted by atomic mass is 16.4. The van der Waals surface area contributed by atoms with Gasteiger partial charge in [0, 0.05) is 6.42 Å². The first kappa shape index (κ1) is 28.8. The molecule has 9 N–H and O–H groups in total. The maximum absolute atomic E-state index is 13.1. The van der Waals surface area contributed by atoms with Crippen molar-refractivity contribution in [2.45, 2.75) is 63.9 Å². The van der Waals surface area contributed by atoms with Crippen LogP contribution in [0.3, 0.4) is 0 Å². The number of carboxylic acids is 1. The molecule has 34 heavy (non-hydrogen) atoms. The van der Waals surface area contributed by atoms with Gasteiger partial charge in [0.05, 0.1) is 12.7 Å². The average Bonchev–Trinajstić information content (AvgIpc) is 2.79. The van der Waals surface area contributed by atoms with E-state index in [1.807, 2.05) is 0 Å². The molecule has 0 bridgehead atoms. The average molecular weight is 483 g/mol. The summed E-state index contributed by atoms with van der Waals surface area (Å²) < 4.78 is 0. The van der Waals surface area contributed by atoms with Crippen LogP contribution in [0, 0.1) is 5.92 Å². The van der Waals surface area contributed by atoms with Gasteiger partial charge in [0.2, 0.25) is 17.7 Å². The molecule has 0 aliphatic heterocycles. The standard InChI is InChI=1S/C22H34N4O8/c1-4-11(2)18(26-20(31)17(23)12(3)28)21(32)24-15(9-13-5-7-14(29)8-6-13)19(30)25-16(10-27)22(33)34/h5-8,11-12,15-18,27-29H,4,9-10,23H2,1-3H3,(H,24,32)(H,25,30)(H,26,31)(H,33,34). The number of rotatable bonds is 13. The van der Waals surface area contributed by atoms with E-state index in [4.69, 9.17) is 10.8 Å². The summed E-state index contributed by atoms with van der Waals surface area (Å²) in [6.45, 7) is 3.98. The number of aromatic hydroxyl groups is 1. The summed E-state index contributed by atoms with van der Waals surface area (Å²) in [5, 5.41) is 44.6. The minimum Gasteiger partial charge on any atom is -0.508 e. The summed E-state index contributed by atoms with van der Waals surface area (Å²) in [5.74, 6) is -4.16. The molecule has 190 valence electrons. The van der Waals surface area contributed by atoms with Gasteiger partial charge in [-0.1, -0.05) is 32.4 Å². The zero-order chi connectivity index (χ0) is 26.0. The molecule has 0 aliphatic rings. The lowest BCUT2D eigenvalue weighted by Crippen LogP contribution is -2.60. The predicted molar refractivity (Wildman–Crippen MR) is 121 cm³/mol. The number of aliphatic hydroxyl groups is 2. The van der Waals surface area contributed by atoms with Crippen molar-refractivity contribution in [2.24, 2.45) is 11.7 Å². The number of carbonyl (C=O) groups is 4. The van der Waals surface area contributed by atoms with Crippen molar-refractivity contribution < 1.29 is 39.6 Å². The fourth-order valence-corrected chi connectivity index (χ4v) is 2.97. The number of hydrogen-bond acceptors (Lipinski definition) is 8. The molecule has 0 aliphatic carbocycles. The zero-order valence-electron chi connectivity index (χ0n) is 19.4. The summed E-state index contributed by atoms with van der Waals surface area (Å²) in [4.78, 5) is 49.5. The van der Waals surface area contributed by atoms with E-state index in [9.17, 15) is 34.5 Å². The normalized spacial score (nSPS) is 16.3. The predicted octanol–water partition coefficient (Wildman–Crippen LogP) is -1.78. The van der Waals surface area contributed by atoms with Crippen molar-refractivity contribution >= 4 is 23.7 Å². The molecule has 0 saturated heterocycles. The second kappa shape index (κ2) is 13.5.